The summed E-state index contributed by atoms with van der Waals surface area (Å²) < 4.78 is 12.0. The zero-order valence-corrected chi connectivity index (χ0v) is 26.6. The predicted molar refractivity (Wildman–Crippen MR) is 178 cm³/mol. The van der Waals surface area contributed by atoms with Gasteiger partial charge in [0.2, 0.25) is 5.91 Å². The highest BCUT2D eigenvalue weighted by atomic mass is 16.5. The maximum absolute atomic E-state index is 14.3. The van der Waals surface area contributed by atoms with Crippen LogP contribution in [-0.4, -0.2) is 89.5 Å². The smallest absolute Gasteiger partial charge is 0.334 e. The molecule has 1 spiro atoms. The van der Waals surface area contributed by atoms with Crippen LogP contribution < -0.4 is 10.1 Å². The number of methoxy groups -OCH3 is 1. The second-order valence-corrected chi connectivity index (χ2v) is 12.9. The Kier molecular flexibility index (Phi) is 7.47. The van der Waals surface area contributed by atoms with Gasteiger partial charge in [-0.3, -0.25) is 9.69 Å². The van der Waals surface area contributed by atoms with E-state index in [1.165, 1.54) is 11.1 Å². The Morgan fingerprint density at radius 1 is 0.936 bits per heavy atom. The lowest BCUT2D eigenvalue weighted by molar-refractivity contribution is -0.287. The molecule has 3 aromatic carbocycles. The first-order valence-electron chi connectivity index (χ1n) is 16.3. The topological polar surface area (TPSA) is 77.6 Å². The van der Waals surface area contributed by atoms with Gasteiger partial charge in [-0.2, -0.15) is 0 Å². The molecule has 8 rings (SSSR count). The maximum atomic E-state index is 14.3. The van der Waals surface area contributed by atoms with Crippen LogP contribution in [0, 0.1) is 0 Å². The summed E-state index contributed by atoms with van der Waals surface area (Å²) >= 11 is 0. The number of rotatable bonds is 5. The number of benzene rings is 3. The summed E-state index contributed by atoms with van der Waals surface area (Å²) in [6, 6.07) is 27.9. The van der Waals surface area contributed by atoms with E-state index in [2.05, 4.69) is 77.0 Å². The van der Waals surface area contributed by atoms with Crippen LogP contribution >= 0.6 is 0 Å². The highest BCUT2D eigenvalue weighted by Crippen LogP contribution is 2.57. The minimum Gasteiger partial charge on any atom is -0.497 e. The van der Waals surface area contributed by atoms with Crippen molar-refractivity contribution in [2.75, 3.05) is 33.8 Å². The van der Waals surface area contributed by atoms with E-state index in [0.717, 1.165) is 23.4 Å². The van der Waals surface area contributed by atoms with Crippen molar-refractivity contribution in [3.8, 4) is 5.75 Å². The summed E-state index contributed by atoms with van der Waals surface area (Å²) in [5.74, 6) is 0.843. The molecule has 0 saturated carbocycles. The van der Waals surface area contributed by atoms with E-state index < -0.39 is 11.7 Å². The molecule has 3 fully saturated rings. The van der Waals surface area contributed by atoms with Gasteiger partial charge < -0.3 is 19.7 Å². The molecular weight excluding hydrogens is 590 g/mol. The zero-order chi connectivity index (χ0) is 32.1. The van der Waals surface area contributed by atoms with E-state index in [1.807, 2.05) is 60.5 Å². The van der Waals surface area contributed by atoms with Gasteiger partial charge in [-0.15, -0.1) is 0 Å². The molecule has 9 heteroatoms. The summed E-state index contributed by atoms with van der Waals surface area (Å²) in [6.07, 6.45) is 9.77. The van der Waals surface area contributed by atoms with E-state index in [-0.39, 0.29) is 42.7 Å². The molecule has 4 unspecified atom stereocenters. The number of ether oxygens (including phenoxy) is 2. The molecule has 1 N–H and O–H groups in total. The quantitative estimate of drug-likeness (QED) is 0.444. The number of urea groups is 1. The lowest BCUT2D eigenvalue weighted by atomic mass is 9.67. The minimum atomic E-state index is -0.564. The summed E-state index contributed by atoms with van der Waals surface area (Å²) in [7, 11) is 3.46. The SMILES string of the molecule is COc1ccc(CNC(=O)N2[C@H]3CN4CC(c5ccccc5)C5=CC6OC(/C=C\C=C/5)C64[C@H](c4ccccc4)N3C(=O)CN2C)cc1. The summed E-state index contributed by atoms with van der Waals surface area (Å²) in [6.45, 7) is 1.64. The Bertz CT molecular complexity index is 1740. The summed E-state index contributed by atoms with van der Waals surface area (Å²) in [5, 5.41) is 6.64. The number of hydrazine groups is 1. The third-order valence-electron chi connectivity index (χ3n) is 10.4. The van der Waals surface area contributed by atoms with Gasteiger partial charge in [0.25, 0.3) is 0 Å². The third-order valence-corrected chi connectivity index (χ3v) is 10.4. The first kappa shape index (κ1) is 29.7. The minimum absolute atomic E-state index is 0.00554. The monoisotopic (exact) mass is 629 g/mol. The van der Waals surface area contributed by atoms with E-state index in [4.69, 9.17) is 9.47 Å². The van der Waals surface area contributed by atoms with E-state index >= 15 is 0 Å². The average molecular weight is 630 g/mol. The number of carbonyl (C=O) groups excluding carboxylic acids is 2. The second-order valence-electron chi connectivity index (χ2n) is 12.9. The molecule has 3 aromatic rings. The van der Waals surface area contributed by atoms with Crippen LogP contribution in [0.15, 0.2) is 121 Å². The molecule has 0 aliphatic carbocycles. The number of hydrogen-bond acceptors (Lipinski definition) is 6. The van der Waals surface area contributed by atoms with Gasteiger partial charge in [-0.1, -0.05) is 97.1 Å². The van der Waals surface area contributed by atoms with Crippen LogP contribution in [0.1, 0.15) is 28.7 Å². The molecule has 5 aliphatic rings. The van der Waals surface area contributed by atoms with Crippen molar-refractivity contribution >= 4 is 11.9 Å². The Labute approximate surface area is 275 Å². The average Bonchev–Trinajstić information content (AvgIpc) is 3.18. The van der Waals surface area contributed by atoms with Gasteiger partial charge in [-0.25, -0.2) is 14.8 Å². The maximum Gasteiger partial charge on any atom is 0.334 e. The first-order chi connectivity index (χ1) is 23.0. The normalized spacial score (nSPS) is 31.1. The molecule has 240 valence electrons. The highest BCUT2D eigenvalue weighted by molar-refractivity contribution is 5.83. The van der Waals surface area contributed by atoms with Gasteiger partial charge in [0.1, 0.15) is 29.7 Å². The van der Waals surface area contributed by atoms with E-state index in [9.17, 15) is 9.59 Å². The molecule has 9 nitrogen and oxygen atoms in total. The molecule has 0 radical (unpaired) electrons. The van der Waals surface area contributed by atoms with Gasteiger partial charge in [0.15, 0.2) is 0 Å². The molecule has 3 saturated heterocycles. The molecule has 5 aliphatic heterocycles. The van der Waals surface area contributed by atoms with Crippen molar-refractivity contribution in [3.05, 3.63) is 138 Å². The summed E-state index contributed by atoms with van der Waals surface area (Å²) in [5.41, 5.74) is 3.85. The molecule has 5 heterocycles. The van der Waals surface area contributed by atoms with Gasteiger partial charge in [-0.05, 0) is 40.5 Å². The Morgan fingerprint density at radius 3 is 2.38 bits per heavy atom. The number of fused-ring (bicyclic) bond motifs is 2. The van der Waals surface area contributed by atoms with Crippen LogP contribution in [0.4, 0.5) is 4.79 Å². The lowest BCUT2D eigenvalue weighted by Crippen LogP contribution is -2.85. The number of likely N-dealkylation sites (N-methyl/N-ethyl adjacent to an activating group) is 1. The molecule has 6 atom stereocenters. The van der Waals surface area contributed by atoms with Crippen LogP contribution in [0.5, 0.6) is 5.75 Å². The van der Waals surface area contributed by atoms with Crippen molar-refractivity contribution in [2.45, 2.75) is 42.4 Å². The Morgan fingerprint density at radius 2 is 1.66 bits per heavy atom. The molecular formula is C38H39N5O4. The van der Waals surface area contributed by atoms with Crippen molar-refractivity contribution in [2.24, 2.45) is 0 Å². The zero-order valence-electron chi connectivity index (χ0n) is 26.6. The fourth-order valence-corrected chi connectivity index (χ4v) is 8.30. The van der Waals surface area contributed by atoms with Gasteiger partial charge in [0, 0.05) is 32.6 Å². The highest BCUT2D eigenvalue weighted by Gasteiger charge is 2.70. The first-order valence-corrected chi connectivity index (χ1v) is 16.3. The molecule has 3 amide bonds. The number of amides is 3. The number of nitrogens with zero attached hydrogens (tertiary/aromatic N) is 4. The number of hydrogen-bond donors (Lipinski definition) is 1. The number of carbonyl (C=O) groups is 2. The lowest BCUT2D eigenvalue weighted by Gasteiger charge is -2.69. The van der Waals surface area contributed by atoms with Gasteiger partial charge >= 0.3 is 6.03 Å². The number of piperazine rings is 1. The standard InChI is InChI=1S/C38H39N5O4/c1-40-25-35(44)42-34(43(40)37(45)39-22-26-17-19-30(46-2)20-18-26)24-41-23-31(27-11-5-3-6-12-27)29-15-9-10-16-32-38(41,33(21-29)47-32)36(42)28-13-7-4-8-14-28/h3-21,31-34,36H,22-25H2,1-2H3,(H,39,45)/b15-9-,16-10-/t31?,32?,33?,34-,36-,38?/m0/s1. The number of nitrogens with one attached hydrogen (secondary N) is 1. The molecule has 3 bridgehead atoms. The Hall–Kier alpha value is -4.70. The van der Waals surface area contributed by atoms with Crippen molar-refractivity contribution in [1.82, 2.24) is 25.1 Å². The fourth-order valence-electron chi connectivity index (χ4n) is 8.30. The predicted octanol–water partition coefficient (Wildman–Crippen LogP) is 4.63. The van der Waals surface area contributed by atoms with Crippen molar-refractivity contribution < 1.29 is 19.1 Å². The van der Waals surface area contributed by atoms with Crippen LogP contribution in [0.3, 0.4) is 0 Å². The summed E-state index contributed by atoms with van der Waals surface area (Å²) in [4.78, 5) is 33.0. The fraction of sp³-hybridized carbons (Fsp3) is 0.316. The largest absolute Gasteiger partial charge is 0.497 e. The molecule has 47 heavy (non-hydrogen) atoms. The third kappa shape index (κ3) is 4.80. The van der Waals surface area contributed by atoms with E-state index in [1.54, 1.807) is 17.1 Å². The van der Waals surface area contributed by atoms with Crippen LogP contribution in [-0.2, 0) is 16.1 Å². The second kappa shape index (κ2) is 11.8. The van der Waals surface area contributed by atoms with Crippen LogP contribution in [0.2, 0.25) is 0 Å². The number of allylic oxidation sites excluding steroid dienone is 3. The van der Waals surface area contributed by atoms with Crippen LogP contribution in [0.25, 0.3) is 0 Å². The Balaban J connectivity index is 1.22. The molecule has 0 aromatic heterocycles. The van der Waals surface area contributed by atoms with Crippen molar-refractivity contribution in [3.63, 3.8) is 0 Å². The van der Waals surface area contributed by atoms with Gasteiger partial charge in [0.05, 0.1) is 19.7 Å². The van der Waals surface area contributed by atoms with E-state index in [0.29, 0.717) is 13.1 Å². The van der Waals surface area contributed by atoms with Crippen molar-refractivity contribution in [1.29, 1.82) is 0 Å².